The van der Waals surface area contributed by atoms with Gasteiger partial charge in [0, 0.05) is 26.2 Å². The highest BCUT2D eigenvalue weighted by Gasteiger charge is 2.34. The van der Waals surface area contributed by atoms with Gasteiger partial charge >= 0.3 is 0 Å². The monoisotopic (exact) mass is 318 g/mol. The van der Waals surface area contributed by atoms with Crippen LogP contribution in [0, 0.1) is 5.92 Å². The molecule has 2 fully saturated rings. The maximum absolute atomic E-state index is 12.7. The van der Waals surface area contributed by atoms with Crippen LogP contribution in [-0.2, 0) is 14.9 Å². The minimum absolute atomic E-state index is 0.0667. The van der Waals surface area contributed by atoms with E-state index in [0.717, 1.165) is 32.1 Å². The Balaban J connectivity index is 1.87. The molecule has 6 heteroatoms. The Hall–Kier alpha value is -0.170. The van der Waals surface area contributed by atoms with E-state index in [-0.39, 0.29) is 6.10 Å². The average molecular weight is 318 g/mol. The lowest BCUT2D eigenvalue weighted by atomic mass is 10.0. The quantitative estimate of drug-likeness (QED) is 0.755. The molecule has 5 nitrogen and oxygen atoms in total. The lowest BCUT2D eigenvalue weighted by molar-refractivity contribution is -0.00890. The van der Waals surface area contributed by atoms with E-state index in [1.165, 1.54) is 6.42 Å². The van der Waals surface area contributed by atoms with Crippen LogP contribution in [0.4, 0.5) is 0 Å². The Morgan fingerprint density at radius 3 is 2.48 bits per heavy atom. The molecule has 2 aliphatic heterocycles. The van der Waals surface area contributed by atoms with Crippen LogP contribution in [0.1, 0.15) is 52.4 Å². The molecule has 0 N–H and O–H groups in total. The third-order valence-electron chi connectivity index (χ3n) is 4.38. The van der Waals surface area contributed by atoms with E-state index in [0.29, 0.717) is 38.7 Å². The lowest BCUT2D eigenvalue weighted by Crippen LogP contribution is -2.52. The molecule has 124 valence electrons. The number of nitrogens with zero attached hydrogens (tertiary/aromatic N) is 2. The highest BCUT2D eigenvalue weighted by atomic mass is 32.2. The van der Waals surface area contributed by atoms with Crippen molar-refractivity contribution in [2.75, 3.05) is 32.8 Å². The molecule has 0 aliphatic carbocycles. The van der Waals surface area contributed by atoms with Crippen molar-refractivity contribution in [2.24, 2.45) is 5.92 Å². The van der Waals surface area contributed by atoms with Crippen molar-refractivity contribution in [3.63, 3.8) is 0 Å². The van der Waals surface area contributed by atoms with Crippen LogP contribution < -0.4 is 0 Å². The van der Waals surface area contributed by atoms with E-state index >= 15 is 0 Å². The predicted octanol–water partition coefficient (Wildman–Crippen LogP) is 2.24. The van der Waals surface area contributed by atoms with Gasteiger partial charge in [-0.05, 0) is 25.2 Å². The maximum Gasteiger partial charge on any atom is 0.282 e. The fourth-order valence-electron chi connectivity index (χ4n) is 3.09. The molecule has 0 aromatic carbocycles. The summed E-state index contributed by atoms with van der Waals surface area (Å²) in [5.41, 5.74) is 0. The average Bonchev–Trinajstić information content (AvgIpc) is 2.48. The first-order valence-corrected chi connectivity index (χ1v) is 9.76. The number of hydrogen-bond acceptors (Lipinski definition) is 3. The smallest absolute Gasteiger partial charge is 0.282 e. The summed E-state index contributed by atoms with van der Waals surface area (Å²) in [6.45, 7) is 7.34. The second-order valence-electron chi connectivity index (χ2n) is 6.64. The predicted molar refractivity (Wildman–Crippen MR) is 84.3 cm³/mol. The van der Waals surface area contributed by atoms with Gasteiger partial charge in [0.1, 0.15) is 0 Å². The molecule has 0 radical (unpaired) electrons. The maximum atomic E-state index is 12.7. The molecule has 0 aromatic rings. The Morgan fingerprint density at radius 2 is 1.81 bits per heavy atom. The van der Waals surface area contributed by atoms with Gasteiger partial charge in [-0.3, -0.25) is 0 Å². The molecule has 0 spiro atoms. The minimum Gasteiger partial charge on any atom is -0.375 e. The summed E-state index contributed by atoms with van der Waals surface area (Å²) >= 11 is 0. The van der Waals surface area contributed by atoms with Crippen molar-refractivity contribution in [1.29, 1.82) is 0 Å². The van der Waals surface area contributed by atoms with Gasteiger partial charge in [-0.1, -0.05) is 33.1 Å². The van der Waals surface area contributed by atoms with Gasteiger partial charge < -0.3 is 4.74 Å². The van der Waals surface area contributed by atoms with Crippen molar-refractivity contribution in [3.8, 4) is 0 Å². The zero-order valence-electron chi connectivity index (χ0n) is 13.5. The number of piperidine rings is 1. The first-order chi connectivity index (χ1) is 10.00. The number of morpholine rings is 1. The zero-order valence-corrected chi connectivity index (χ0v) is 14.3. The highest BCUT2D eigenvalue weighted by Crippen LogP contribution is 2.21. The zero-order chi connectivity index (χ0) is 15.3. The normalized spacial score (nSPS) is 26.3. The fraction of sp³-hybridized carbons (Fsp3) is 1.00. The summed E-state index contributed by atoms with van der Waals surface area (Å²) in [6.07, 6.45) is 6.44. The highest BCUT2D eigenvalue weighted by molar-refractivity contribution is 7.86. The van der Waals surface area contributed by atoms with E-state index in [2.05, 4.69) is 13.8 Å². The summed E-state index contributed by atoms with van der Waals surface area (Å²) in [5, 5.41) is 0. The summed E-state index contributed by atoms with van der Waals surface area (Å²) in [6, 6.07) is 0. The summed E-state index contributed by atoms with van der Waals surface area (Å²) in [4.78, 5) is 0. The molecule has 0 aromatic heterocycles. The number of ether oxygens (including phenoxy) is 1. The molecule has 0 saturated carbocycles. The summed E-state index contributed by atoms with van der Waals surface area (Å²) in [7, 11) is -3.27. The van der Waals surface area contributed by atoms with Crippen LogP contribution in [0.5, 0.6) is 0 Å². The van der Waals surface area contributed by atoms with Crippen LogP contribution in [0.25, 0.3) is 0 Å². The van der Waals surface area contributed by atoms with E-state index in [4.69, 9.17) is 4.74 Å². The Morgan fingerprint density at radius 1 is 1.10 bits per heavy atom. The van der Waals surface area contributed by atoms with Crippen LogP contribution in [0.15, 0.2) is 0 Å². The summed E-state index contributed by atoms with van der Waals surface area (Å²) < 4.78 is 34.4. The van der Waals surface area contributed by atoms with Crippen molar-refractivity contribution < 1.29 is 13.2 Å². The van der Waals surface area contributed by atoms with Crippen molar-refractivity contribution in [1.82, 2.24) is 8.61 Å². The summed E-state index contributed by atoms with van der Waals surface area (Å²) in [5.74, 6) is 0.696. The molecular formula is C15H30N2O3S. The topological polar surface area (TPSA) is 49.9 Å². The van der Waals surface area contributed by atoms with Crippen LogP contribution >= 0.6 is 0 Å². The van der Waals surface area contributed by atoms with Gasteiger partial charge in [0.15, 0.2) is 0 Å². The third-order valence-corrected chi connectivity index (χ3v) is 6.38. The van der Waals surface area contributed by atoms with Crippen molar-refractivity contribution >= 4 is 10.2 Å². The largest absolute Gasteiger partial charge is 0.375 e. The molecule has 2 aliphatic rings. The van der Waals surface area contributed by atoms with E-state index in [1.54, 1.807) is 8.61 Å². The molecule has 21 heavy (non-hydrogen) atoms. The van der Waals surface area contributed by atoms with Crippen molar-refractivity contribution in [3.05, 3.63) is 0 Å². The van der Waals surface area contributed by atoms with E-state index < -0.39 is 10.2 Å². The van der Waals surface area contributed by atoms with Gasteiger partial charge in [-0.2, -0.15) is 17.0 Å². The standard InChI is InChI=1S/C15H30N2O3S/c1-14(2)7-6-8-15-13-17(11-12-20-15)21(18,19)16-9-4-3-5-10-16/h14-15H,3-13H2,1-2H3/t15-/m0/s1. The molecule has 0 unspecified atom stereocenters. The van der Waals surface area contributed by atoms with Crippen LogP contribution in [0.3, 0.4) is 0 Å². The van der Waals surface area contributed by atoms with Crippen LogP contribution in [0.2, 0.25) is 0 Å². The molecule has 1 atom stereocenters. The van der Waals surface area contributed by atoms with Gasteiger partial charge in [-0.15, -0.1) is 0 Å². The Kier molecular flexibility index (Phi) is 6.47. The molecule has 2 rings (SSSR count). The molecule has 0 bridgehead atoms. The first kappa shape index (κ1) is 17.2. The third kappa shape index (κ3) is 4.91. The first-order valence-electron chi connectivity index (χ1n) is 8.37. The van der Waals surface area contributed by atoms with E-state index in [1.807, 2.05) is 0 Å². The molecular weight excluding hydrogens is 288 g/mol. The van der Waals surface area contributed by atoms with Gasteiger partial charge in [0.05, 0.1) is 12.7 Å². The van der Waals surface area contributed by atoms with Gasteiger partial charge in [0.2, 0.25) is 0 Å². The Bertz CT molecular complexity index is 405. The van der Waals surface area contributed by atoms with Gasteiger partial charge in [-0.25, -0.2) is 0 Å². The molecule has 2 heterocycles. The number of hydrogen-bond donors (Lipinski definition) is 0. The Labute approximate surface area is 129 Å². The fourth-order valence-corrected chi connectivity index (χ4v) is 4.80. The second kappa shape index (κ2) is 7.90. The second-order valence-corrected chi connectivity index (χ2v) is 8.57. The SMILES string of the molecule is CC(C)CCC[C@H]1CN(S(=O)(=O)N2CCCCC2)CCO1. The van der Waals surface area contributed by atoms with Gasteiger partial charge in [0.25, 0.3) is 10.2 Å². The van der Waals surface area contributed by atoms with Crippen LogP contribution in [-0.4, -0.2) is 55.9 Å². The van der Waals surface area contributed by atoms with Crippen molar-refractivity contribution in [2.45, 2.75) is 58.5 Å². The molecule has 2 saturated heterocycles. The number of rotatable bonds is 6. The van der Waals surface area contributed by atoms with E-state index in [9.17, 15) is 8.42 Å². The molecule has 0 amide bonds. The minimum atomic E-state index is -3.27. The lowest BCUT2D eigenvalue weighted by Gasteiger charge is -2.36.